The average molecular weight is 337 g/mol. The van der Waals surface area contributed by atoms with Gasteiger partial charge < -0.3 is 0 Å². The maximum Gasteiger partial charge on any atom is 0.805 e. The van der Waals surface area contributed by atoms with Gasteiger partial charge in [-0.1, -0.05) is 0 Å². The highest BCUT2D eigenvalue weighted by Crippen LogP contribution is 2.32. The van der Waals surface area contributed by atoms with Crippen molar-refractivity contribution < 1.29 is 13.6 Å². The number of aromatic nitrogens is 4. The second-order valence-corrected chi connectivity index (χ2v) is 5.63. The fraction of sp³-hybridized carbons (Fsp3) is 0. The highest BCUT2D eigenvalue weighted by Gasteiger charge is 2.24. The van der Waals surface area contributed by atoms with Gasteiger partial charge in [-0.25, -0.2) is 9.05 Å². The van der Waals surface area contributed by atoms with Gasteiger partial charge in [-0.3, -0.25) is 19.9 Å². The van der Waals surface area contributed by atoms with E-state index in [1.165, 1.54) is 0 Å². The van der Waals surface area contributed by atoms with E-state index in [0.717, 1.165) is 11.0 Å². The molecule has 0 N–H and O–H groups in total. The molecule has 2 aromatic carbocycles. The van der Waals surface area contributed by atoms with Crippen molar-refractivity contribution in [3.63, 3.8) is 0 Å². The maximum absolute atomic E-state index is 12.1. The Hall–Kier alpha value is -3.18. The molecule has 24 heavy (non-hydrogen) atoms. The molecule has 0 aliphatic carbocycles. The molecule has 2 aromatic heterocycles. The first-order chi connectivity index (χ1) is 11.8. The molecule has 116 valence electrons. The topological polar surface area (TPSA) is 87.1 Å². The van der Waals surface area contributed by atoms with Crippen molar-refractivity contribution in [2.75, 3.05) is 0 Å². The van der Waals surface area contributed by atoms with Gasteiger partial charge in [-0.15, -0.1) is 0 Å². The molecular weight excluding hydrogens is 327 g/mol. The molecule has 0 aliphatic heterocycles. The molecule has 0 unspecified atom stereocenters. The molecule has 0 aliphatic rings. The first-order valence-electron chi connectivity index (χ1n) is 7.03. The number of hydrogen-bond donors (Lipinski definition) is 0. The average Bonchev–Trinajstić information content (AvgIpc) is 2.61. The highest BCUT2D eigenvalue weighted by atomic mass is 31.1. The highest BCUT2D eigenvalue weighted by molar-refractivity contribution is 7.34. The molecule has 0 saturated carbocycles. The zero-order chi connectivity index (χ0) is 16.4. The minimum Gasteiger partial charge on any atom is -0.253 e. The van der Waals surface area contributed by atoms with E-state index in [0.29, 0.717) is 22.5 Å². The first kappa shape index (κ1) is 14.4. The zero-order valence-corrected chi connectivity index (χ0v) is 13.1. The second-order valence-electron chi connectivity index (χ2n) is 4.82. The van der Waals surface area contributed by atoms with E-state index in [4.69, 9.17) is 9.05 Å². The van der Waals surface area contributed by atoms with Crippen molar-refractivity contribution in [1.29, 1.82) is 0 Å². The Bertz CT molecular complexity index is 974. The monoisotopic (exact) mass is 337 g/mol. The summed E-state index contributed by atoms with van der Waals surface area (Å²) in [5.41, 5.74) is 2.77. The normalized spacial score (nSPS) is 10.7. The van der Waals surface area contributed by atoms with Crippen molar-refractivity contribution in [3.8, 4) is 11.5 Å². The molecule has 7 nitrogen and oxygen atoms in total. The molecule has 0 radical (unpaired) electrons. The van der Waals surface area contributed by atoms with Crippen LogP contribution in [0.4, 0.5) is 0 Å². The van der Waals surface area contributed by atoms with E-state index in [9.17, 15) is 4.57 Å². The molecule has 2 heterocycles. The van der Waals surface area contributed by atoms with Gasteiger partial charge in [0.05, 0.1) is 22.1 Å². The third-order valence-corrected chi connectivity index (χ3v) is 3.96. The Labute approximate surface area is 137 Å². The van der Waals surface area contributed by atoms with Gasteiger partial charge in [0.1, 0.15) is 0 Å². The van der Waals surface area contributed by atoms with E-state index in [1.54, 1.807) is 61.2 Å². The number of nitrogens with zero attached hydrogens (tertiary/aromatic N) is 4. The summed E-state index contributed by atoms with van der Waals surface area (Å²) in [6.45, 7) is 0. The zero-order valence-electron chi connectivity index (χ0n) is 12.2. The van der Waals surface area contributed by atoms with Crippen molar-refractivity contribution in [1.82, 2.24) is 19.9 Å². The van der Waals surface area contributed by atoms with Crippen LogP contribution in [0.25, 0.3) is 22.1 Å². The summed E-state index contributed by atoms with van der Waals surface area (Å²) in [6.07, 6.45) is 6.38. The van der Waals surface area contributed by atoms with Gasteiger partial charge in [0.25, 0.3) is 0 Å². The van der Waals surface area contributed by atoms with Gasteiger partial charge in [0.15, 0.2) is 11.5 Å². The predicted molar refractivity (Wildman–Crippen MR) is 87.9 cm³/mol. The summed E-state index contributed by atoms with van der Waals surface area (Å²) >= 11 is 0. The van der Waals surface area contributed by atoms with Crippen molar-refractivity contribution in [2.45, 2.75) is 0 Å². The van der Waals surface area contributed by atoms with Gasteiger partial charge in [0.2, 0.25) is 0 Å². The fourth-order valence-electron chi connectivity index (χ4n) is 2.19. The van der Waals surface area contributed by atoms with Gasteiger partial charge >= 0.3 is 8.25 Å². The third kappa shape index (κ3) is 2.98. The summed E-state index contributed by atoms with van der Waals surface area (Å²) < 4.78 is 22.7. The molecule has 8 heteroatoms. The van der Waals surface area contributed by atoms with Crippen LogP contribution in [0, 0.1) is 0 Å². The van der Waals surface area contributed by atoms with E-state index in [-0.39, 0.29) is 0 Å². The molecule has 0 bridgehead atoms. The number of benzene rings is 2. The van der Waals surface area contributed by atoms with E-state index < -0.39 is 8.25 Å². The van der Waals surface area contributed by atoms with Gasteiger partial charge in [0, 0.05) is 41.5 Å². The Morgan fingerprint density at radius 3 is 1.50 bits per heavy atom. The van der Waals surface area contributed by atoms with Crippen LogP contribution in [-0.4, -0.2) is 19.9 Å². The minimum absolute atomic E-state index is 0.393. The van der Waals surface area contributed by atoms with E-state index >= 15 is 0 Å². The number of hydrogen-bond acceptors (Lipinski definition) is 7. The Kier molecular flexibility index (Phi) is 3.69. The van der Waals surface area contributed by atoms with Gasteiger partial charge in [-0.2, -0.15) is 0 Å². The lowest BCUT2D eigenvalue weighted by atomic mass is 10.3. The first-order valence-corrected chi connectivity index (χ1v) is 8.12. The molecule has 0 fully saturated rings. The standard InChI is InChI=1S/C16H10N4O3P/c21-24(22-11-1-3-13-15(9-11)19-7-5-17-13)23-12-2-4-14-16(10-12)20-8-6-18-14/h1-10H/q+1. The smallest absolute Gasteiger partial charge is 0.253 e. The maximum atomic E-state index is 12.1. The van der Waals surface area contributed by atoms with Crippen LogP contribution in [0.1, 0.15) is 0 Å². The lowest BCUT2D eigenvalue weighted by Gasteiger charge is -1.98. The second kappa shape index (κ2) is 6.14. The summed E-state index contributed by atoms with van der Waals surface area (Å²) in [4.78, 5) is 16.7. The molecule has 4 rings (SSSR count). The summed E-state index contributed by atoms with van der Waals surface area (Å²) in [6, 6.07) is 10.1. The lowest BCUT2D eigenvalue weighted by Crippen LogP contribution is -1.91. The van der Waals surface area contributed by atoms with Crippen molar-refractivity contribution in [3.05, 3.63) is 61.2 Å². The van der Waals surface area contributed by atoms with Crippen LogP contribution in [0.2, 0.25) is 0 Å². The Morgan fingerprint density at radius 2 is 1.04 bits per heavy atom. The largest absolute Gasteiger partial charge is 0.805 e. The van der Waals surface area contributed by atoms with E-state index in [2.05, 4.69) is 19.9 Å². The van der Waals surface area contributed by atoms with Crippen LogP contribution in [0.5, 0.6) is 11.5 Å². The SMILES string of the molecule is O=[P+](Oc1ccc2nccnc2c1)Oc1ccc2nccnc2c1. The summed E-state index contributed by atoms with van der Waals surface area (Å²) in [7, 11) is -2.39. The van der Waals surface area contributed by atoms with Crippen LogP contribution in [0.3, 0.4) is 0 Å². The number of rotatable bonds is 4. The van der Waals surface area contributed by atoms with Crippen LogP contribution < -0.4 is 9.05 Å². The Morgan fingerprint density at radius 1 is 0.625 bits per heavy atom. The number of fused-ring (bicyclic) bond motifs is 2. The quantitative estimate of drug-likeness (QED) is 0.525. The van der Waals surface area contributed by atoms with Crippen LogP contribution in [0.15, 0.2) is 61.2 Å². The molecule has 0 atom stereocenters. The summed E-state index contributed by atoms with van der Waals surface area (Å²) in [5, 5.41) is 0. The molecule has 4 aromatic rings. The third-order valence-electron chi connectivity index (χ3n) is 3.24. The van der Waals surface area contributed by atoms with Crippen molar-refractivity contribution in [2.24, 2.45) is 0 Å². The van der Waals surface area contributed by atoms with Crippen LogP contribution >= 0.6 is 8.25 Å². The van der Waals surface area contributed by atoms with Crippen LogP contribution in [-0.2, 0) is 4.57 Å². The summed E-state index contributed by atoms with van der Waals surface area (Å²) in [5.74, 6) is 0.786. The molecular formula is C16H10N4O3P+. The molecule has 0 amide bonds. The predicted octanol–water partition coefficient (Wildman–Crippen LogP) is 3.69. The Balaban J connectivity index is 1.52. The molecule has 0 spiro atoms. The molecule has 0 saturated heterocycles. The van der Waals surface area contributed by atoms with Gasteiger partial charge in [-0.05, 0) is 24.3 Å². The fourth-order valence-corrected chi connectivity index (χ4v) is 2.80. The van der Waals surface area contributed by atoms with Crippen molar-refractivity contribution >= 4 is 30.3 Å². The van der Waals surface area contributed by atoms with E-state index in [1.807, 2.05) is 0 Å². The lowest BCUT2D eigenvalue weighted by molar-refractivity contribution is 0.416. The minimum atomic E-state index is -2.39.